The Labute approximate surface area is 135 Å². The zero-order valence-corrected chi connectivity index (χ0v) is 12.7. The van der Waals surface area contributed by atoms with Crippen molar-refractivity contribution in [3.8, 4) is 22.6 Å². The normalized spacial score (nSPS) is 10.6. The number of hydrogen-bond donors (Lipinski definition) is 0. The average molecular weight is 338 g/mol. The minimum Gasteiger partial charge on any atom is -0.261 e. The quantitative estimate of drug-likeness (QED) is 0.643. The first-order valence-corrected chi connectivity index (χ1v) is 7.04. The fourth-order valence-electron chi connectivity index (χ4n) is 1.79. The fraction of sp³-hybridized carbons (Fsp3) is 0. The van der Waals surface area contributed by atoms with E-state index in [0.29, 0.717) is 22.1 Å². The Morgan fingerprint density at radius 3 is 2.05 bits per heavy atom. The zero-order chi connectivity index (χ0) is 14.8. The molecule has 0 atom stereocenters. The van der Waals surface area contributed by atoms with Crippen molar-refractivity contribution >= 4 is 34.8 Å². The zero-order valence-electron chi connectivity index (χ0n) is 10.5. The second-order valence-corrected chi connectivity index (χ2v) is 5.25. The summed E-state index contributed by atoms with van der Waals surface area (Å²) in [6.07, 6.45) is 4.66. The standard InChI is InChI=1S/C14H7Cl3N4/c15-9-3-1-8(2-4-9)11-12(16)20-14(21-13(11)17)10-7-18-5-6-19-10/h1-7H. The van der Waals surface area contributed by atoms with Gasteiger partial charge in [0.05, 0.1) is 11.8 Å². The van der Waals surface area contributed by atoms with Gasteiger partial charge in [-0.05, 0) is 17.7 Å². The molecule has 0 unspecified atom stereocenters. The van der Waals surface area contributed by atoms with Gasteiger partial charge in [0.2, 0.25) is 0 Å². The van der Waals surface area contributed by atoms with Crippen LogP contribution < -0.4 is 0 Å². The summed E-state index contributed by atoms with van der Waals surface area (Å²) < 4.78 is 0. The first-order valence-electron chi connectivity index (χ1n) is 5.90. The number of hydrogen-bond acceptors (Lipinski definition) is 4. The maximum absolute atomic E-state index is 6.24. The Balaban J connectivity index is 2.11. The molecule has 0 N–H and O–H groups in total. The number of nitrogens with zero attached hydrogens (tertiary/aromatic N) is 4. The van der Waals surface area contributed by atoms with Crippen molar-refractivity contribution in [1.29, 1.82) is 0 Å². The molecule has 0 radical (unpaired) electrons. The molecule has 0 fully saturated rings. The molecule has 0 saturated carbocycles. The van der Waals surface area contributed by atoms with Crippen LogP contribution in [0.4, 0.5) is 0 Å². The Bertz CT molecular complexity index is 753. The lowest BCUT2D eigenvalue weighted by atomic mass is 10.1. The molecule has 0 saturated heterocycles. The van der Waals surface area contributed by atoms with E-state index in [9.17, 15) is 0 Å². The molecule has 0 aliphatic rings. The van der Waals surface area contributed by atoms with Crippen LogP contribution in [0.1, 0.15) is 0 Å². The highest BCUT2D eigenvalue weighted by molar-refractivity contribution is 6.38. The topological polar surface area (TPSA) is 51.6 Å². The summed E-state index contributed by atoms with van der Waals surface area (Å²) in [4.78, 5) is 16.6. The second-order valence-electron chi connectivity index (χ2n) is 4.10. The minimum atomic E-state index is 0.248. The van der Waals surface area contributed by atoms with Gasteiger partial charge in [0, 0.05) is 17.4 Å². The Morgan fingerprint density at radius 1 is 0.810 bits per heavy atom. The molecule has 2 heterocycles. The Morgan fingerprint density at radius 2 is 1.48 bits per heavy atom. The molecule has 0 bridgehead atoms. The maximum Gasteiger partial charge on any atom is 0.182 e. The predicted molar refractivity (Wildman–Crippen MR) is 83.5 cm³/mol. The molecule has 0 spiro atoms. The van der Waals surface area contributed by atoms with Gasteiger partial charge >= 0.3 is 0 Å². The lowest BCUT2D eigenvalue weighted by Gasteiger charge is -2.08. The van der Waals surface area contributed by atoms with Gasteiger partial charge in [-0.1, -0.05) is 46.9 Å². The molecule has 0 aliphatic carbocycles. The molecule has 7 heteroatoms. The monoisotopic (exact) mass is 336 g/mol. The molecule has 104 valence electrons. The van der Waals surface area contributed by atoms with E-state index in [1.165, 1.54) is 0 Å². The van der Waals surface area contributed by atoms with Gasteiger partial charge in [-0.2, -0.15) is 0 Å². The highest BCUT2D eigenvalue weighted by Gasteiger charge is 2.15. The van der Waals surface area contributed by atoms with Crippen LogP contribution in [0.15, 0.2) is 42.9 Å². The molecule has 1 aromatic carbocycles. The van der Waals surface area contributed by atoms with Crippen molar-refractivity contribution in [2.45, 2.75) is 0 Å². The van der Waals surface area contributed by atoms with E-state index in [4.69, 9.17) is 34.8 Å². The Hall–Kier alpha value is -1.75. The van der Waals surface area contributed by atoms with Crippen LogP contribution >= 0.6 is 34.8 Å². The molecule has 3 rings (SSSR count). The van der Waals surface area contributed by atoms with Crippen LogP contribution in [-0.4, -0.2) is 19.9 Å². The molecule has 3 aromatic rings. The van der Waals surface area contributed by atoms with Crippen LogP contribution in [0, 0.1) is 0 Å². The predicted octanol–water partition coefficient (Wildman–Crippen LogP) is 4.56. The van der Waals surface area contributed by atoms with Gasteiger partial charge < -0.3 is 0 Å². The second kappa shape index (κ2) is 5.93. The summed E-state index contributed by atoms with van der Waals surface area (Å²) in [7, 11) is 0. The van der Waals surface area contributed by atoms with Gasteiger partial charge in [0.1, 0.15) is 16.0 Å². The van der Waals surface area contributed by atoms with Crippen molar-refractivity contribution in [3.63, 3.8) is 0 Å². The molecule has 0 aliphatic heterocycles. The molecule has 21 heavy (non-hydrogen) atoms. The van der Waals surface area contributed by atoms with E-state index in [1.807, 2.05) is 0 Å². The van der Waals surface area contributed by atoms with E-state index in [2.05, 4.69) is 19.9 Å². The summed E-state index contributed by atoms with van der Waals surface area (Å²) in [5.41, 5.74) is 1.85. The van der Waals surface area contributed by atoms with Crippen molar-refractivity contribution < 1.29 is 0 Å². The number of halogens is 3. The molecular weight excluding hydrogens is 331 g/mol. The van der Waals surface area contributed by atoms with Gasteiger partial charge in [-0.15, -0.1) is 0 Å². The van der Waals surface area contributed by atoms with Crippen LogP contribution in [0.3, 0.4) is 0 Å². The summed E-state index contributed by atoms with van der Waals surface area (Å²) in [5, 5.41) is 1.12. The lowest BCUT2D eigenvalue weighted by Crippen LogP contribution is -1.96. The van der Waals surface area contributed by atoms with E-state index < -0.39 is 0 Å². The number of benzene rings is 1. The minimum absolute atomic E-state index is 0.248. The van der Waals surface area contributed by atoms with Crippen molar-refractivity contribution in [2.24, 2.45) is 0 Å². The van der Waals surface area contributed by atoms with Crippen LogP contribution in [0.25, 0.3) is 22.6 Å². The van der Waals surface area contributed by atoms with Gasteiger partial charge in [-0.25, -0.2) is 15.0 Å². The molecule has 0 amide bonds. The van der Waals surface area contributed by atoms with Gasteiger partial charge in [0.15, 0.2) is 5.82 Å². The number of rotatable bonds is 2. The Kier molecular flexibility index (Phi) is 4.01. The molecule has 2 aromatic heterocycles. The third kappa shape index (κ3) is 2.97. The first-order chi connectivity index (χ1) is 10.1. The largest absolute Gasteiger partial charge is 0.261 e. The van der Waals surface area contributed by atoms with Gasteiger partial charge in [0.25, 0.3) is 0 Å². The summed E-state index contributed by atoms with van der Waals surface area (Å²) >= 11 is 18.4. The highest BCUT2D eigenvalue weighted by atomic mass is 35.5. The van der Waals surface area contributed by atoms with E-state index in [-0.39, 0.29) is 10.3 Å². The van der Waals surface area contributed by atoms with Crippen molar-refractivity contribution in [2.75, 3.05) is 0 Å². The maximum atomic E-state index is 6.24. The molecule has 4 nitrogen and oxygen atoms in total. The fourth-order valence-corrected chi connectivity index (χ4v) is 2.52. The first kappa shape index (κ1) is 14.2. The van der Waals surface area contributed by atoms with E-state index in [0.717, 1.165) is 5.56 Å². The summed E-state index contributed by atoms with van der Waals surface area (Å²) in [6, 6.07) is 7.11. The number of aromatic nitrogens is 4. The average Bonchev–Trinajstić information content (AvgIpc) is 2.49. The van der Waals surface area contributed by atoms with Crippen LogP contribution in [-0.2, 0) is 0 Å². The smallest absolute Gasteiger partial charge is 0.182 e. The van der Waals surface area contributed by atoms with E-state index in [1.54, 1.807) is 42.9 Å². The van der Waals surface area contributed by atoms with Crippen LogP contribution in [0.2, 0.25) is 15.3 Å². The lowest BCUT2D eigenvalue weighted by molar-refractivity contribution is 1.11. The van der Waals surface area contributed by atoms with Crippen molar-refractivity contribution in [3.05, 3.63) is 58.2 Å². The van der Waals surface area contributed by atoms with Gasteiger partial charge in [-0.3, -0.25) is 4.98 Å². The summed E-state index contributed by atoms with van der Waals surface area (Å²) in [6.45, 7) is 0. The SMILES string of the molecule is Clc1ccc(-c2c(Cl)nc(-c3cnccn3)nc2Cl)cc1. The third-order valence-electron chi connectivity index (χ3n) is 2.75. The summed E-state index contributed by atoms with van der Waals surface area (Å²) in [5.74, 6) is 0.329. The highest BCUT2D eigenvalue weighted by Crippen LogP contribution is 2.34. The van der Waals surface area contributed by atoms with Crippen LogP contribution in [0.5, 0.6) is 0 Å². The molecular formula is C14H7Cl3N4. The van der Waals surface area contributed by atoms with Crippen molar-refractivity contribution in [1.82, 2.24) is 19.9 Å². The third-order valence-corrected chi connectivity index (χ3v) is 3.54. The van der Waals surface area contributed by atoms with E-state index >= 15 is 0 Å².